The number of benzene rings is 1. The number of nitrogens with zero attached hydrogens (tertiary/aromatic N) is 5. The molecule has 2 fully saturated rings. The van der Waals surface area contributed by atoms with Crippen molar-refractivity contribution in [2.45, 2.75) is 51.0 Å². The summed E-state index contributed by atoms with van der Waals surface area (Å²) in [6.07, 6.45) is 10.3. The van der Waals surface area contributed by atoms with Crippen LogP contribution in [0.5, 0.6) is 0 Å². The predicted molar refractivity (Wildman–Crippen MR) is 99.0 cm³/mol. The van der Waals surface area contributed by atoms with Crippen LogP contribution in [0.1, 0.15) is 44.9 Å². The van der Waals surface area contributed by atoms with Gasteiger partial charge in [-0.05, 0) is 66.8 Å². The largest absolute Gasteiger partial charge is 0.325 e. The molecule has 7 nitrogen and oxygen atoms in total. The smallest absolute Gasteiger partial charge is 0.241 e. The lowest BCUT2D eigenvalue weighted by atomic mass is 9.89. The Labute approximate surface area is 153 Å². The van der Waals surface area contributed by atoms with Crippen LogP contribution in [-0.4, -0.2) is 50.1 Å². The number of aromatic nitrogens is 4. The van der Waals surface area contributed by atoms with Crippen LogP contribution in [0.25, 0.3) is 5.69 Å². The zero-order valence-corrected chi connectivity index (χ0v) is 15.0. The molecule has 1 aliphatic heterocycles. The van der Waals surface area contributed by atoms with E-state index in [2.05, 4.69) is 25.7 Å². The number of carbonyl (C=O) groups excluding carboxylic acids is 1. The Balaban J connectivity index is 1.40. The number of hydrogen-bond donors (Lipinski definition) is 1. The van der Waals surface area contributed by atoms with Gasteiger partial charge in [0.25, 0.3) is 0 Å². The monoisotopic (exact) mass is 354 g/mol. The van der Waals surface area contributed by atoms with E-state index < -0.39 is 0 Å². The minimum atomic E-state index is -0.00591. The number of anilines is 1. The van der Waals surface area contributed by atoms with E-state index in [9.17, 15) is 4.79 Å². The maximum Gasteiger partial charge on any atom is 0.241 e. The SMILES string of the molecule is O=C(Nc1cccc(-n2cnnn2)c1)[C@@H]1CCCN1CC1CCCCC1. The summed E-state index contributed by atoms with van der Waals surface area (Å²) >= 11 is 0. The van der Waals surface area contributed by atoms with Crippen molar-refractivity contribution in [3.8, 4) is 5.69 Å². The molecule has 1 saturated heterocycles. The van der Waals surface area contributed by atoms with Crippen molar-refractivity contribution in [2.24, 2.45) is 5.92 Å². The van der Waals surface area contributed by atoms with Gasteiger partial charge in [-0.15, -0.1) is 5.10 Å². The van der Waals surface area contributed by atoms with E-state index in [-0.39, 0.29) is 11.9 Å². The highest BCUT2D eigenvalue weighted by Gasteiger charge is 2.32. The second-order valence-corrected chi connectivity index (χ2v) is 7.45. The Hall–Kier alpha value is -2.28. The average Bonchev–Trinajstić information content (AvgIpc) is 3.35. The Bertz CT molecular complexity index is 725. The molecule has 4 rings (SSSR count). The third kappa shape index (κ3) is 3.93. The lowest BCUT2D eigenvalue weighted by Crippen LogP contribution is -2.42. The third-order valence-corrected chi connectivity index (χ3v) is 5.61. The maximum absolute atomic E-state index is 12.9. The molecule has 0 bridgehead atoms. The highest BCUT2D eigenvalue weighted by atomic mass is 16.2. The predicted octanol–water partition coefficient (Wildman–Crippen LogP) is 2.65. The van der Waals surface area contributed by atoms with Crippen molar-refractivity contribution in [3.63, 3.8) is 0 Å². The fourth-order valence-electron chi connectivity index (χ4n) is 4.27. The summed E-state index contributed by atoms with van der Waals surface area (Å²) in [5.74, 6) is 0.868. The molecule has 1 atom stereocenters. The maximum atomic E-state index is 12.9. The zero-order chi connectivity index (χ0) is 17.8. The summed E-state index contributed by atoms with van der Waals surface area (Å²) in [6, 6.07) is 7.62. The Morgan fingerprint density at radius 3 is 2.85 bits per heavy atom. The highest BCUT2D eigenvalue weighted by Crippen LogP contribution is 2.28. The first-order chi connectivity index (χ1) is 12.8. The molecule has 1 aliphatic carbocycles. The van der Waals surface area contributed by atoms with Gasteiger partial charge < -0.3 is 5.32 Å². The van der Waals surface area contributed by atoms with Crippen LogP contribution in [0.3, 0.4) is 0 Å². The van der Waals surface area contributed by atoms with E-state index in [0.29, 0.717) is 0 Å². The number of rotatable bonds is 5. The Kier molecular flexibility index (Phi) is 5.24. The zero-order valence-electron chi connectivity index (χ0n) is 15.0. The van der Waals surface area contributed by atoms with Gasteiger partial charge in [-0.3, -0.25) is 9.69 Å². The van der Waals surface area contributed by atoms with Gasteiger partial charge in [-0.25, -0.2) is 4.68 Å². The van der Waals surface area contributed by atoms with Crippen molar-refractivity contribution in [3.05, 3.63) is 30.6 Å². The highest BCUT2D eigenvalue weighted by molar-refractivity contribution is 5.95. The molecule has 2 aromatic rings. The summed E-state index contributed by atoms with van der Waals surface area (Å²) in [7, 11) is 0. The number of carbonyl (C=O) groups is 1. The van der Waals surface area contributed by atoms with Crippen LogP contribution in [0.2, 0.25) is 0 Å². The van der Waals surface area contributed by atoms with Crippen molar-refractivity contribution in [2.75, 3.05) is 18.4 Å². The molecule has 0 spiro atoms. The molecule has 0 unspecified atom stereocenters. The molecular formula is C19H26N6O. The van der Waals surface area contributed by atoms with Gasteiger partial charge in [0, 0.05) is 12.2 Å². The summed E-state index contributed by atoms with van der Waals surface area (Å²) in [6.45, 7) is 2.11. The minimum absolute atomic E-state index is 0.00591. The van der Waals surface area contributed by atoms with Gasteiger partial charge in [0.2, 0.25) is 5.91 Å². The van der Waals surface area contributed by atoms with Gasteiger partial charge in [0.05, 0.1) is 11.7 Å². The Morgan fingerprint density at radius 1 is 1.15 bits per heavy atom. The van der Waals surface area contributed by atoms with E-state index in [1.165, 1.54) is 32.1 Å². The fraction of sp³-hybridized carbons (Fsp3) is 0.579. The molecule has 2 aliphatic rings. The van der Waals surface area contributed by atoms with Gasteiger partial charge in [0.1, 0.15) is 6.33 Å². The number of tetrazole rings is 1. The van der Waals surface area contributed by atoms with E-state index in [1.807, 2.05) is 24.3 Å². The molecule has 1 N–H and O–H groups in total. The summed E-state index contributed by atoms with van der Waals surface area (Å²) < 4.78 is 1.58. The molecule has 0 radical (unpaired) electrons. The molecule has 1 aromatic carbocycles. The summed E-state index contributed by atoms with van der Waals surface area (Å²) in [5, 5.41) is 14.3. The average molecular weight is 354 g/mol. The van der Waals surface area contributed by atoms with Crippen LogP contribution in [0.4, 0.5) is 5.69 Å². The summed E-state index contributed by atoms with van der Waals surface area (Å²) in [5.41, 5.74) is 1.62. The molecule has 7 heteroatoms. The van der Waals surface area contributed by atoms with Crippen LogP contribution < -0.4 is 5.32 Å². The first-order valence-corrected chi connectivity index (χ1v) is 9.68. The second kappa shape index (κ2) is 7.95. The minimum Gasteiger partial charge on any atom is -0.325 e. The van der Waals surface area contributed by atoms with Crippen LogP contribution in [-0.2, 0) is 4.79 Å². The molecule has 1 aromatic heterocycles. The fourth-order valence-corrected chi connectivity index (χ4v) is 4.27. The van der Waals surface area contributed by atoms with Gasteiger partial charge in [-0.2, -0.15) is 0 Å². The van der Waals surface area contributed by atoms with Crippen molar-refractivity contribution in [1.82, 2.24) is 25.1 Å². The van der Waals surface area contributed by atoms with E-state index in [4.69, 9.17) is 0 Å². The molecule has 1 amide bonds. The number of nitrogens with one attached hydrogen (secondary N) is 1. The summed E-state index contributed by atoms with van der Waals surface area (Å²) in [4.78, 5) is 15.3. The lowest BCUT2D eigenvalue weighted by molar-refractivity contribution is -0.120. The van der Waals surface area contributed by atoms with Gasteiger partial charge in [0.15, 0.2) is 0 Å². The molecule has 138 valence electrons. The lowest BCUT2D eigenvalue weighted by Gasteiger charge is -2.30. The van der Waals surface area contributed by atoms with Gasteiger partial charge in [-0.1, -0.05) is 25.3 Å². The normalized spacial score (nSPS) is 21.8. The molecule has 2 heterocycles. The van der Waals surface area contributed by atoms with Crippen molar-refractivity contribution >= 4 is 11.6 Å². The first-order valence-electron chi connectivity index (χ1n) is 9.68. The van der Waals surface area contributed by atoms with Crippen LogP contribution in [0.15, 0.2) is 30.6 Å². The van der Waals surface area contributed by atoms with Gasteiger partial charge >= 0.3 is 0 Å². The molecular weight excluding hydrogens is 328 g/mol. The number of likely N-dealkylation sites (tertiary alicyclic amines) is 1. The standard InChI is InChI=1S/C19H26N6O/c26-19(18-10-5-11-24(18)13-15-6-2-1-3-7-15)21-16-8-4-9-17(12-16)25-14-20-22-23-25/h4,8-9,12,14-15,18H,1-3,5-7,10-11,13H2,(H,21,26)/t18-/m0/s1. The third-order valence-electron chi connectivity index (χ3n) is 5.61. The van der Waals surface area contributed by atoms with E-state index in [1.54, 1.807) is 11.0 Å². The van der Waals surface area contributed by atoms with Crippen LogP contribution in [0, 0.1) is 5.92 Å². The Morgan fingerprint density at radius 2 is 2.04 bits per heavy atom. The van der Waals surface area contributed by atoms with Crippen molar-refractivity contribution < 1.29 is 4.79 Å². The number of hydrogen-bond acceptors (Lipinski definition) is 5. The molecule has 1 saturated carbocycles. The van der Waals surface area contributed by atoms with Crippen molar-refractivity contribution in [1.29, 1.82) is 0 Å². The number of amides is 1. The second-order valence-electron chi connectivity index (χ2n) is 7.45. The van der Waals surface area contributed by atoms with E-state index in [0.717, 1.165) is 43.2 Å². The topological polar surface area (TPSA) is 75.9 Å². The van der Waals surface area contributed by atoms with E-state index >= 15 is 0 Å². The first kappa shape index (κ1) is 17.1. The quantitative estimate of drug-likeness (QED) is 0.893. The molecule has 26 heavy (non-hydrogen) atoms. The van der Waals surface area contributed by atoms with Crippen LogP contribution >= 0.6 is 0 Å².